The summed E-state index contributed by atoms with van der Waals surface area (Å²) < 4.78 is 27.9. The van der Waals surface area contributed by atoms with Gasteiger partial charge >= 0.3 is 0 Å². The summed E-state index contributed by atoms with van der Waals surface area (Å²) in [6, 6.07) is 15.4. The average molecular weight is 441 g/mol. The molecule has 0 N–H and O–H groups in total. The molecule has 1 aliphatic carbocycles. The number of nitrogens with zero attached hydrogens (tertiary/aromatic N) is 2. The summed E-state index contributed by atoms with van der Waals surface area (Å²) in [7, 11) is -3.51. The van der Waals surface area contributed by atoms with E-state index in [2.05, 4.69) is 6.92 Å². The molecule has 0 aromatic heterocycles. The number of para-hydroxylation sites is 1. The highest BCUT2D eigenvalue weighted by Crippen LogP contribution is 2.30. The van der Waals surface area contributed by atoms with E-state index in [1.165, 1.54) is 11.1 Å². The van der Waals surface area contributed by atoms with E-state index in [1.54, 1.807) is 10.4 Å². The van der Waals surface area contributed by atoms with Crippen molar-refractivity contribution >= 4 is 21.6 Å². The normalized spacial score (nSPS) is 17.5. The highest BCUT2D eigenvalue weighted by Gasteiger charge is 2.34. The largest absolute Gasteiger partial charge is 0.312 e. The van der Waals surface area contributed by atoms with Crippen LogP contribution in [0.5, 0.6) is 0 Å². The Kier molecular flexibility index (Phi) is 6.77. The number of benzene rings is 2. The monoisotopic (exact) mass is 440 g/mol. The number of hydrogen-bond donors (Lipinski definition) is 0. The zero-order valence-corrected chi connectivity index (χ0v) is 19.1. The maximum absolute atomic E-state index is 13.3. The van der Waals surface area contributed by atoms with Crippen LogP contribution in [-0.2, 0) is 27.7 Å². The standard InChI is InChI=1S/C25H32N2O3S/c1-2-3-16-27(23-10-5-4-6-11-23)25(28)21-14-17-26(18-15-21)31(29,30)24-13-12-20-8-7-9-22(20)19-24/h4-6,10-13,19,21H,2-3,7-9,14-18H2,1H3. The third kappa shape index (κ3) is 4.70. The summed E-state index contributed by atoms with van der Waals surface area (Å²) in [5.74, 6) is -0.0160. The van der Waals surface area contributed by atoms with Crippen molar-refractivity contribution in [1.29, 1.82) is 0 Å². The number of anilines is 1. The lowest BCUT2D eigenvalue weighted by atomic mass is 9.96. The molecule has 0 bridgehead atoms. The number of sulfonamides is 1. The van der Waals surface area contributed by atoms with Crippen molar-refractivity contribution in [3.05, 3.63) is 59.7 Å². The van der Waals surface area contributed by atoms with Crippen LogP contribution < -0.4 is 4.90 Å². The Morgan fingerprint density at radius 2 is 1.74 bits per heavy atom. The molecule has 1 heterocycles. The van der Waals surface area contributed by atoms with Crippen LogP contribution in [0.15, 0.2) is 53.4 Å². The van der Waals surface area contributed by atoms with E-state index in [4.69, 9.17) is 0 Å². The molecule has 0 radical (unpaired) electrons. The predicted molar refractivity (Wildman–Crippen MR) is 124 cm³/mol. The molecule has 1 saturated heterocycles. The van der Waals surface area contributed by atoms with Crippen molar-refractivity contribution in [1.82, 2.24) is 4.31 Å². The van der Waals surface area contributed by atoms with Gasteiger partial charge in [0.15, 0.2) is 0 Å². The fourth-order valence-corrected chi connectivity index (χ4v) is 6.23. The lowest BCUT2D eigenvalue weighted by Crippen LogP contribution is -2.44. The van der Waals surface area contributed by atoms with Gasteiger partial charge in [0.05, 0.1) is 4.90 Å². The zero-order valence-electron chi connectivity index (χ0n) is 18.3. The molecule has 4 rings (SSSR count). The minimum Gasteiger partial charge on any atom is -0.312 e. The van der Waals surface area contributed by atoms with E-state index in [0.29, 0.717) is 37.4 Å². The first-order valence-electron chi connectivity index (χ1n) is 11.5. The van der Waals surface area contributed by atoms with Crippen molar-refractivity contribution in [2.75, 3.05) is 24.5 Å². The van der Waals surface area contributed by atoms with Gasteiger partial charge in [0, 0.05) is 31.2 Å². The minimum absolute atomic E-state index is 0.120. The summed E-state index contributed by atoms with van der Waals surface area (Å²) in [4.78, 5) is 15.6. The second-order valence-corrected chi connectivity index (χ2v) is 10.6. The van der Waals surface area contributed by atoms with Gasteiger partial charge in [-0.1, -0.05) is 37.6 Å². The van der Waals surface area contributed by atoms with Crippen LogP contribution in [0.25, 0.3) is 0 Å². The molecule has 0 spiro atoms. The van der Waals surface area contributed by atoms with Crippen molar-refractivity contribution in [2.45, 2.75) is 56.8 Å². The lowest BCUT2D eigenvalue weighted by molar-refractivity contribution is -0.123. The number of unbranched alkanes of at least 4 members (excludes halogenated alkanes) is 1. The number of carbonyl (C=O) groups is 1. The van der Waals surface area contributed by atoms with Gasteiger partial charge in [-0.15, -0.1) is 0 Å². The molecule has 0 atom stereocenters. The fourth-order valence-electron chi connectivity index (χ4n) is 4.71. The molecule has 1 amide bonds. The smallest absolute Gasteiger partial charge is 0.243 e. The van der Waals surface area contributed by atoms with Gasteiger partial charge in [-0.05, 0) is 73.9 Å². The van der Waals surface area contributed by atoms with E-state index in [9.17, 15) is 13.2 Å². The Hall–Kier alpha value is -2.18. The maximum atomic E-state index is 13.3. The first kappa shape index (κ1) is 22.0. The highest BCUT2D eigenvalue weighted by atomic mass is 32.2. The molecule has 0 saturated carbocycles. The number of aryl methyl sites for hydroxylation is 2. The first-order valence-corrected chi connectivity index (χ1v) is 12.9. The Labute approximate surface area is 186 Å². The molecular weight excluding hydrogens is 408 g/mol. The molecule has 31 heavy (non-hydrogen) atoms. The summed E-state index contributed by atoms with van der Waals surface area (Å²) >= 11 is 0. The molecular formula is C25H32N2O3S. The van der Waals surface area contributed by atoms with Gasteiger partial charge in [-0.25, -0.2) is 8.42 Å². The van der Waals surface area contributed by atoms with Crippen molar-refractivity contribution in [3.63, 3.8) is 0 Å². The predicted octanol–water partition coefficient (Wildman–Crippen LogP) is 4.41. The highest BCUT2D eigenvalue weighted by molar-refractivity contribution is 7.89. The summed E-state index contributed by atoms with van der Waals surface area (Å²) in [6.07, 6.45) is 6.21. The minimum atomic E-state index is -3.51. The van der Waals surface area contributed by atoms with E-state index < -0.39 is 10.0 Å². The second-order valence-electron chi connectivity index (χ2n) is 8.64. The Morgan fingerprint density at radius 3 is 2.45 bits per heavy atom. The topological polar surface area (TPSA) is 57.7 Å². The summed E-state index contributed by atoms with van der Waals surface area (Å²) in [5.41, 5.74) is 3.37. The number of hydrogen-bond acceptors (Lipinski definition) is 3. The van der Waals surface area contributed by atoms with Crippen LogP contribution in [0, 0.1) is 5.92 Å². The average Bonchev–Trinajstić information content (AvgIpc) is 3.28. The van der Waals surface area contributed by atoms with Crippen molar-refractivity contribution in [2.24, 2.45) is 5.92 Å². The molecule has 2 aromatic carbocycles. The Balaban J connectivity index is 1.44. The molecule has 6 heteroatoms. The van der Waals surface area contributed by atoms with Gasteiger partial charge in [-0.2, -0.15) is 4.31 Å². The first-order chi connectivity index (χ1) is 15.0. The van der Waals surface area contributed by atoms with E-state index in [1.807, 2.05) is 47.4 Å². The third-order valence-electron chi connectivity index (χ3n) is 6.58. The Morgan fingerprint density at radius 1 is 1.03 bits per heavy atom. The van der Waals surface area contributed by atoms with Crippen LogP contribution in [0.2, 0.25) is 0 Å². The number of fused-ring (bicyclic) bond motifs is 1. The van der Waals surface area contributed by atoms with E-state index >= 15 is 0 Å². The molecule has 2 aromatic rings. The quantitative estimate of drug-likeness (QED) is 0.641. The van der Waals surface area contributed by atoms with Crippen LogP contribution in [0.1, 0.15) is 50.2 Å². The number of piperidine rings is 1. The van der Waals surface area contributed by atoms with Crippen molar-refractivity contribution < 1.29 is 13.2 Å². The lowest BCUT2D eigenvalue weighted by Gasteiger charge is -2.34. The SMILES string of the molecule is CCCCN(C(=O)C1CCN(S(=O)(=O)c2ccc3c(c2)CCC3)CC1)c1ccccc1. The van der Waals surface area contributed by atoms with E-state index in [0.717, 1.165) is 37.8 Å². The number of amides is 1. The molecule has 1 fully saturated rings. The van der Waals surface area contributed by atoms with E-state index in [-0.39, 0.29) is 11.8 Å². The van der Waals surface area contributed by atoms with Crippen LogP contribution >= 0.6 is 0 Å². The fraction of sp³-hybridized carbons (Fsp3) is 0.480. The van der Waals surface area contributed by atoms with Crippen LogP contribution in [-0.4, -0.2) is 38.3 Å². The van der Waals surface area contributed by atoms with Crippen LogP contribution in [0.4, 0.5) is 5.69 Å². The molecule has 5 nitrogen and oxygen atoms in total. The molecule has 0 unspecified atom stereocenters. The summed E-state index contributed by atoms with van der Waals surface area (Å²) in [5, 5.41) is 0. The van der Waals surface area contributed by atoms with Gasteiger partial charge in [0.25, 0.3) is 0 Å². The zero-order chi connectivity index (χ0) is 21.8. The van der Waals surface area contributed by atoms with Gasteiger partial charge in [0.2, 0.25) is 15.9 Å². The van der Waals surface area contributed by atoms with Gasteiger partial charge in [-0.3, -0.25) is 4.79 Å². The maximum Gasteiger partial charge on any atom is 0.243 e. The third-order valence-corrected chi connectivity index (χ3v) is 8.47. The van der Waals surface area contributed by atoms with Crippen LogP contribution in [0.3, 0.4) is 0 Å². The number of rotatable bonds is 7. The number of carbonyl (C=O) groups excluding carboxylic acids is 1. The molecule has 166 valence electrons. The van der Waals surface area contributed by atoms with Gasteiger partial charge < -0.3 is 4.90 Å². The van der Waals surface area contributed by atoms with Crippen molar-refractivity contribution in [3.8, 4) is 0 Å². The molecule has 1 aliphatic heterocycles. The molecule has 2 aliphatic rings. The second kappa shape index (κ2) is 9.53. The Bertz CT molecular complexity index is 1010. The van der Waals surface area contributed by atoms with Gasteiger partial charge in [0.1, 0.15) is 0 Å². The summed E-state index contributed by atoms with van der Waals surface area (Å²) in [6.45, 7) is 3.61.